The first-order valence-corrected chi connectivity index (χ1v) is 4.33. The van der Waals surface area contributed by atoms with E-state index in [1.54, 1.807) is 19.9 Å². The topological polar surface area (TPSA) is 33.0 Å². The third kappa shape index (κ3) is 1.85. The normalized spacial score (nSPS) is 11.9. The summed E-state index contributed by atoms with van der Waals surface area (Å²) in [7, 11) is 1.51. The van der Waals surface area contributed by atoms with Crippen molar-refractivity contribution in [2.24, 2.45) is 0 Å². The van der Waals surface area contributed by atoms with E-state index >= 15 is 0 Å². The van der Waals surface area contributed by atoms with Crippen molar-refractivity contribution in [3.05, 3.63) is 29.1 Å². The first kappa shape index (κ1) is 10.5. The minimum Gasteiger partial charge on any atom is -0.496 e. The fourth-order valence-corrected chi connectivity index (χ4v) is 1.26. The third-order valence-electron chi connectivity index (χ3n) is 2.17. The molecule has 0 aliphatic carbocycles. The van der Waals surface area contributed by atoms with E-state index in [0.29, 0.717) is 16.9 Å². The van der Waals surface area contributed by atoms with Gasteiger partial charge in [0.15, 0.2) is 0 Å². The van der Waals surface area contributed by atoms with E-state index in [1.165, 1.54) is 13.2 Å². The molecule has 3 heteroatoms. The van der Waals surface area contributed by atoms with E-state index in [9.17, 15) is 4.39 Å². The van der Waals surface area contributed by atoms with Crippen molar-refractivity contribution in [2.45, 2.75) is 19.8 Å². The zero-order valence-electron chi connectivity index (χ0n) is 8.47. The van der Waals surface area contributed by atoms with Gasteiger partial charge < -0.3 is 4.74 Å². The molecular formula is C11H12FNO. The van der Waals surface area contributed by atoms with Gasteiger partial charge in [-0.15, -0.1) is 0 Å². The Bertz CT molecular complexity index is 382. The number of nitrogens with zero attached hydrogens (tertiary/aromatic N) is 1. The Morgan fingerprint density at radius 2 is 2.14 bits per heavy atom. The maximum absolute atomic E-state index is 13.2. The Balaban J connectivity index is 3.28. The molecular weight excluding hydrogens is 181 g/mol. The second-order valence-corrected chi connectivity index (χ2v) is 3.19. The van der Waals surface area contributed by atoms with Gasteiger partial charge in [-0.3, -0.25) is 0 Å². The molecule has 0 aliphatic heterocycles. The second-order valence-electron chi connectivity index (χ2n) is 3.19. The second kappa shape index (κ2) is 4.10. The van der Waals surface area contributed by atoms with Gasteiger partial charge >= 0.3 is 0 Å². The average molecular weight is 193 g/mol. The van der Waals surface area contributed by atoms with Crippen LogP contribution in [0.1, 0.15) is 24.0 Å². The third-order valence-corrected chi connectivity index (χ3v) is 2.17. The average Bonchev–Trinajstić information content (AvgIpc) is 2.20. The Labute approximate surface area is 82.9 Å². The fourth-order valence-electron chi connectivity index (χ4n) is 1.26. The van der Waals surface area contributed by atoms with Crippen LogP contribution in [0.15, 0.2) is 12.1 Å². The minimum absolute atomic E-state index is 0.303. The lowest BCUT2D eigenvalue weighted by Gasteiger charge is -2.11. The molecule has 1 unspecified atom stereocenters. The van der Waals surface area contributed by atoms with Gasteiger partial charge in [-0.1, -0.05) is 0 Å². The number of halogens is 1. The zero-order chi connectivity index (χ0) is 10.7. The van der Waals surface area contributed by atoms with Crippen LogP contribution < -0.4 is 4.74 Å². The van der Waals surface area contributed by atoms with Gasteiger partial charge in [-0.2, -0.15) is 5.26 Å². The van der Waals surface area contributed by atoms with Crippen LogP contribution in [0.2, 0.25) is 0 Å². The highest BCUT2D eigenvalue weighted by molar-refractivity contribution is 5.42. The molecule has 0 aromatic heterocycles. The van der Waals surface area contributed by atoms with Crippen LogP contribution in [0.3, 0.4) is 0 Å². The van der Waals surface area contributed by atoms with E-state index in [1.807, 2.05) is 0 Å². The van der Waals surface area contributed by atoms with Gasteiger partial charge in [0.2, 0.25) is 0 Å². The minimum atomic E-state index is -0.361. The quantitative estimate of drug-likeness (QED) is 0.723. The Morgan fingerprint density at radius 1 is 1.50 bits per heavy atom. The number of nitriles is 1. The van der Waals surface area contributed by atoms with Gasteiger partial charge in [0.25, 0.3) is 0 Å². The molecule has 0 heterocycles. The summed E-state index contributed by atoms with van der Waals surface area (Å²) in [5.74, 6) is -0.0964. The number of rotatable bonds is 2. The Morgan fingerprint density at radius 3 is 2.64 bits per heavy atom. The van der Waals surface area contributed by atoms with Crippen molar-refractivity contribution < 1.29 is 9.13 Å². The molecule has 1 atom stereocenters. The van der Waals surface area contributed by atoms with E-state index < -0.39 is 0 Å². The summed E-state index contributed by atoms with van der Waals surface area (Å²) < 4.78 is 18.3. The van der Waals surface area contributed by atoms with Crippen molar-refractivity contribution in [1.29, 1.82) is 5.26 Å². The summed E-state index contributed by atoms with van der Waals surface area (Å²) in [6.07, 6.45) is 0. The lowest BCUT2D eigenvalue weighted by atomic mass is 10.00. The predicted molar refractivity (Wildman–Crippen MR) is 51.7 cm³/mol. The van der Waals surface area contributed by atoms with Crippen molar-refractivity contribution >= 4 is 0 Å². The lowest BCUT2D eigenvalue weighted by Crippen LogP contribution is -1.98. The molecule has 0 radical (unpaired) electrons. The molecule has 0 bridgehead atoms. The summed E-state index contributed by atoms with van der Waals surface area (Å²) in [6, 6.07) is 5.03. The summed E-state index contributed by atoms with van der Waals surface area (Å²) in [6.45, 7) is 3.38. The smallest absolute Gasteiger partial charge is 0.126 e. The van der Waals surface area contributed by atoms with Crippen LogP contribution in [0.25, 0.3) is 0 Å². The van der Waals surface area contributed by atoms with Crippen molar-refractivity contribution in [3.63, 3.8) is 0 Å². The Kier molecular flexibility index (Phi) is 3.08. The molecule has 0 saturated carbocycles. The van der Waals surface area contributed by atoms with Crippen molar-refractivity contribution in [2.75, 3.05) is 7.11 Å². The molecule has 1 aromatic rings. The van der Waals surface area contributed by atoms with Gasteiger partial charge in [-0.25, -0.2) is 4.39 Å². The SMILES string of the molecule is COc1cc(C)c(F)cc1C(C)C#N. The molecule has 0 spiro atoms. The van der Waals surface area contributed by atoms with Crippen molar-refractivity contribution in [1.82, 2.24) is 0 Å². The maximum atomic E-state index is 13.2. The number of aryl methyl sites for hydroxylation is 1. The Hall–Kier alpha value is -1.56. The first-order chi connectivity index (χ1) is 6.60. The van der Waals surface area contributed by atoms with Gasteiger partial charge in [0, 0.05) is 5.56 Å². The summed E-state index contributed by atoms with van der Waals surface area (Å²) in [5, 5.41) is 8.74. The molecule has 0 amide bonds. The largest absolute Gasteiger partial charge is 0.496 e. The van der Waals surface area contributed by atoms with Gasteiger partial charge in [-0.05, 0) is 31.5 Å². The van der Waals surface area contributed by atoms with Crippen LogP contribution in [-0.4, -0.2) is 7.11 Å². The highest BCUT2D eigenvalue weighted by Crippen LogP contribution is 2.28. The standard InChI is InChI=1S/C11H12FNO/c1-7-4-11(14-3)9(5-10(7)12)8(2)6-13/h4-5,8H,1-3H3. The maximum Gasteiger partial charge on any atom is 0.126 e. The molecule has 0 N–H and O–H groups in total. The van der Waals surface area contributed by atoms with Crippen LogP contribution in [0.4, 0.5) is 4.39 Å². The summed E-state index contributed by atoms with van der Waals surface area (Å²) >= 11 is 0. The predicted octanol–water partition coefficient (Wildman–Crippen LogP) is 2.77. The zero-order valence-corrected chi connectivity index (χ0v) is 8.47. The fraction of sp³-hybridized carbons (Fsp3) is 0.364. The molecule has 74 valence electrons. The summed E-state index contributed by atoms with van der Waals surface area (Å²) in [5.41, 5.74) is 1.12. The molecule has 2 nitrogen and oxygen atoms in total. The number of hydrogen-bond acceptors (Lipinski definition) is 2. The summed E-state index contributed by atoms with van der Waals surface area (Å²) in [4.78, 5) is 0. The molecule has 0 saturated heterocycles. The number of hydrogen-bond donors (Lipinski definition) is 0. The van der Waals surface area contributed by atoms with Crippen molar-refractivity contribution in [3.8, 4) is 11.8 Å². The van der Waals surface area contributed by atoms with Gasteiger partial charge in [0.1, 0.15) is 11.6 Å². The van der Waals surface area contributed by atoms with Crippen LogP contribution in [0, 0.1) is 24.1 Å². The number of benzene rings is 1. The van der Waals surface area contributed by atoms with E-state index in [-0.39, 0.29) is 11.7 Å². The van der Waals surface area contributed by atoms with Crippen LogP contribution in [-0.2, 0) is 0 Å². The highest BCUT2D eigenvalue weighted by Gasteiger charge is 2.13. The van der Waals surface area contributed by atoms with E-state index in [0.717, 1.165) is 0 Å². The molecule has 0 fully saturated rings. The number of methoxy groups -OCH3 is 1. The highest BCUT2D eigenvalue weighted by atomic mass is 19.1. The molecule has 14 heavy (non-hydrogen) atoms. The monoisotopic (exact) mass is 193 g/mol. The first-order valence-electron chi connectivity index (χ1n) is 4.33. The van der Waals surface area contributed by atoms with Crippen LogP contribution in [0.5, 0.6) is 5.75 Å². The lowest BCUT2D eigenvalue weighted by molar-refractivity contribution is 0.407. The molecule has 1 rings (SSSR count). The number of ether oxygens (including phenoxy) is 1. The van der Waals surface area contributed by atoms with E-state index in [2.05, 4.69) is 6.07 Å². The van der Waals surface area contributed by atoms with Crippen LogP contribution >= 0.6 is 0 Å². The molecule has 0 aliphatic rings. The molecule has 1 aromatic carbocycles. The van der Waals surface area contributed by atoms with E-state index in [4.69, 9.17) is 10.00 Å². The van der Waals surface area contributed by atoms with Gasteiger partial charge in [0.05, 0.1) is 19.1 Å².